The van der Waals surface area contributed by atoms with Crippen molar-refractivity contribution in [2.24, 2.45) is 0 Å². The van der Waals surface area contributed by atoms with Crippen molar-refractivity contribution in [2.45, 2.75) is 45.6 Å². The molecule has 1 heterocycles. The lowest BCUT2D eigenvalue weighted by molar-refractivity contribution is 0.149. The Morgan fingerprint density at radius 1 is 1.08 bits per heavy atom. The zero-order valence-electron chi connectivity index (χ0n) is 15.0. The average Bonchev–Trinajstić information content (AvgIpc) is 2.48. The predicted octanol–water partition coefficient (Wildman–Crippen LogP) is 4.19. The number of hydrogen-bond acceptors (Lipinski definition) is 3. The van der Waals surface area contributed by atoms with E-state index in [2.05, 4.69) is 38.7 Å². The first-order valence-corrected chi connectivity index (χ1v) is 7.92. The van der Waals surface area contributed by atoms with E-state index in [0.29, 0.717) is 17.2 Å². The van der Waals surface area contributed by atoms with Crippen LogP contribution >= 0.6 is 0 Å². The molecule has 0 aliphatic carbocycles. The Balaban J connectivity index is 2.71. The van der Waals surface area contributed by atoms with Crippen LogP contribution in [0.15, 0.2) is 12.1 Å². The molecule has 0 amide bonds. The van der Waals surface area contributed by atoms with Crippen LogP contribution in [0.25, 0.3) is 6.08 Å². The van der Waals surface area contributed by atoms with Gasteiger partial charge in [-0.15, -0.1) is 12.8 Å². The third kappa shape index (κ3) is 3.69. The first-order valence-electron chi connectivity index (χ1n) is 7.92. The van der Waals surface area contributed by atoms with Gasteiger partial charge in [0.15, 0.2) is 11.5 Å². The number of hydrogen-bond donors (Lipinski definition) is 0. The van der Waals surface area contributed by atoms with Gasteiger partial charge in [-0.05, 0) is 31.4 Å². The second-order valence-corrected chi connectivity index (χ2v) is 7.28. The highest BCUT2D eigenvalue weighted by Gasteiger charge is 2.32. The van der Waals surface area contributed by atoms with E-state index in [0.717, 1.165) is 11.1 Å². The van der Waals surface area contributed by atoms with Gasteiger partial charge in [-0.25, -0.2) is 0 Å². The molecule has 1 aliphatic rings. The van der Waals surface area contributed by atoms with Gasteiger partial charge in [0, 0.05) is 11.1 Å². The minimum Gasteiger partial charge on any atom is -0.479 e. The molecule has 0 atom stereocenters. The lowest BCUT2D eigenvalue weighted by atomic mass is 9.84. The number of terminal acetylenes is 2. The van der Waals surface area contributed by atoms with Crippen molar-refractivity contribution < 1.29 is 14.2 Å². The van der Waals surface area contributed by atoms with Crippen molar-refractivity contribution in [3.8, 4) is 41.9 Å². The van der Waals surface area contributed by atoms with E-state index in [1.807, 2.05) is 26.0 Å². The third-order valence-corrected chi connectivity index (χ3v) is 3.66. The van der Waals surface area contributed by atoms with Crippen molar-refractivity contribution >= 4 is 6.08 Å². The van der Waals surface area contributed by atoms with E-state index < -0.39 is 5.60 Å². The smallest absolute Gasteiger partial charge is 0.205 e. The summed E-state index contributed by atoms with van der Waals surface area (Å²) in [6, 6.07) is 2.07. The molecule has 3 heteroatoms. The third-order valence-electron chi connectivity index (χ3n) is 3.66. The van der Waals surface area contributed by atoms with Crippen LogP contribution < -0.4 is 14.2 Å². The highest BCUT2D eigenvalue weighted by Crippen LogP contribution is 2.49. The first kappa shape index (κ1) is 17.8. The topological polar surface area (TPSA) is 27.7 Å². The quantitative estimate of drug-likeness (QED) is 0.777. The SMILES string of the molecule is C#CCOc1c(C(C)(C)C)cc2c(c1OCC#C)OC(C)(C)C=C2. The van der Waals surface area contributed by atoms with E-state index in [-0.39, 0.29) is 18.6 Å². The number of rotatable bonds is 4. The Morgan fingerprint density at radius 2 is 1.67 bits per heavy atom. The zero-order valence-corrected chi connectivity index (χ0v) is 15.0. The molecule has 0 saturated heterocycles. The fraction of sp³-hybridized carbons (Fsp3) is 0.429. The predicted molar refractivity (Wildman–Crippen MR) is 97.5 cm³/mol. The molecule has 24 heavy (non-hydrogen) atoms. The van der Waals surface area contributed by atoms with Crippen LogP contribution in [0.3, 0.4) is 0 Å². The molecule has 0 spiro atoms. The van der Waals surface area contributed by atoms with Gasteiger partial charge in [0.25, 0.3) is 0 Å². The largest absolute Gasteiger partial charge is 0.479 e. The van der Waals surface area contributed by atoms with Crippen LogP contribution in [-0.2, 0) is 5.41 Å². The van der Waals surface area contributed by atoms with Gasteiger partial charge in [-0.1, -0.05) is 38.7 Å². The second kappa shape index (κ2) is 6.54. The van der Waals surface area contributed by atoms with E-state index in [1.165, 1.54) is 0 Å². The second-order valence-electron chi connectivity index (χ2n) is 7.28. The summed E-state index contributed by atoms with van der Waals surface area (Å²) in [7, 11) is 0. The van der Waals surface area contributed by atoms with Crippen LogP contribution in [0.2, 0.25) is 0 Å². The number of fused-ring (bicyclic) bond motifs is 1. The Bertz CT molecular complexity index is 734. The summed E-state index contributed by atoms with van der Waals surface area (Å²) in [5, 5.41) is 0. The lowest BCUT2D eigenvalue weighted by Crippen LogP contribution is -2.28. The Labute approximate surface area is 145 Å². The fourth-order valence-corrected chi connectivity index (χ4v) is 2.52. The summed E-state index contributed by atoms with van der Waals surface area (Å²) < 4.78 is 17.8. The summed E-state index contributed by atoms with van der Waals surface area (Å²) >= 11 is 0. The number of benzene rings is 1. The van der Waals surface area contributed by atoms with Crippen molar-refractivity contribution in [2.75, 3.05) is 13.2 Å². The lowest BCUT2D eigenvalue weighted by Gasteiger charge is -2.32. The maximum absolute atomic E-state index is 6.12. The van der Waals surface area contributed by atoms with E-state index in [1.54, 1.807) is 0 Å². The zero-order chi connectivity index (χ0) is 18.0. The molecular weight excluding hydrogens is 300 g/mol. The standard InChI is InChI=1S/C21H24O3/c1-8-12-22-18-16(20(3,4)5)14-15-10-11-21(6,7)24-17(15)19(18)23-13-9-2/h1-2,10-11,14H,12-13H2,3-7H3. The maximum atomic E-state index is 6.12. The van der Waals surface area contributed by atoms with Crippen molar-refractivity contribution in [3.05, 3.63) is 23.3 Å². The van der Waals surface area contributed by atoms with Gasteiger partial charge in [-0.2, -0.15) is 0 Å². The van der Waals surface area contributed by atoms with Gasteiger partial charge >= 0.3 is 0 Å². The van der Waals surface area contributed by atoms with Crippen molar-refractivity contribution in [1.29, 1.82) is 0 Å². The molecule has 126 valence electrons. The molecule has 0 unspecified atom stereocenters. The Kier molecular flexibility index (Phi) is 4.86. The Hall–Kier alpha value is -2.52. The molecule has 3 nitrogen and oxygen atoms in total. The van der Waals surface area contributed by atoms with E-state index in [9.17, 15) is 0 Å². The summed E-state index contributed by atoms with van der Waals surface area (Å²) in [5.41, 5.74) is 1.35. The molecular formula is C21H24O3. The first-order chi connectivity index (χ1) is 11.2. The maximum Gasteiger partial charge on any atom is 0.205 e. The van der Waals surface area contributed by atoms with Gasteiger partial charge in [0.05, 0.1) is 0 Å². The van der Waals surface area contributed by atoms with Gasteiger partial charge in [0.2, 0.25) is 5.75 Å². The van der Waals surface area contributed by atoms with Crippen molar-refractivity contribution in [3.63, 3.8) is 0 Å². The monoisotopic (exact) mass is 324 g/mol. The number of ether oxygens (including phenoxy) is 3. The molecule has 0 saturated carbocycles. The highest BCUT2D eigenvalue weighted by molar-refractivity contribution is 5.72. The van der Waals surface area contributed by atoms with Crippen molar-refractivity contribution in [1.82, 2.24) is 0 Å². The molecule has 0 fully saturated rings. The van der Waals surface area contributed by atoms with Gasteiger partial charge < -0.3 is 14.2 Å². The molecule has 2 rings (SSSR count). The molecule has 1 aromatic rings. The fourth-order valence-electron chi connectivity index (χ4n) is 2.52. The molecule has 0 bridgehead atoms. The minimum absolute atomic E-state index is 0.125. The van der Waals surface area contributed by atoms with Crippen LogP contribution in [0.4, 0.5) is 0 Å². The summed E-state index contributed by atoms with van der Waals surface area (Å²) in [6.45, 7) is 10.6. The van der Waals surface area contributed by atoms with Crippen LogP contribution in [0.1, 0.15) is 45.7 Å². The Morgan fingerprint density at radius 3 is 2.21 bits per heavy atom. The average molecular weight is 324 g/mol. The van der Waals surface area contributed by atoms with Crippen LogP contribution in [0, 0.1) is 24.7 Å². The summed E-state index contributed by atoms with van der Waals surface area (Å²) in [5.74, 6) is 6.75. The summed E-state index contributed by atoms with van der Waals surface area (Å²) in [4.78, 5) is 0. The van der Waals surface area contributed by atoms with Gasteiger partial charge in [0.1, 0.15) is 18.8 Å². The van der Waals surface area contributed by atoms with E-state index >= 15 is 0 Å². The van der Waals surface area contributed by atoms with Crippen LogP contribution in [0.5, 0.6) is 17.2 Å². The van der Waals surface area contributed by atoms with E-state index in [4.69, 9.17) is 27.1 Å². The molecule has 1 aromatic carbocycles. The molecule has 1 aliphatic heterocycles. The van der Waals surface area contributed by atoms with Gasteiger partial charge in [-0.3, -0.25) is 0 Å². The normalized spacial score (nSPS) is 14.8. The summed E-state index contributed by atoms with van der Waals surface area (Å²) in [6.07, 6.45) is 14.8. The highest BCUT2D eigenvalue weighted by atomic mass is 16.5. The molecule has 0 aromatic heterocycles. The minimum atomic E-state index is -0.437. The molecule has 0 N–H and O–H groups in total. The van der Waals surface area contributed by atoms with Crippen LogP contribution in [-0.4, -0.2) is 18.8 Å². The molecule has 0 radical (unpaired) electrons.